The molecule has 2 fully saturated rings. The summed E-state index contributed by atoms with van der Waals surface area (Å²) in [5.74, 6) is 0.943. The molecule has 5 heteroatoms. The quantitative estimate of drug-likeness (QED) is 0.638. The number of amides is 1. The van der Waals surface area contributed by atoms with E-state index < -0.39 is 0 Å². The van der Waals surface area contributed by atoms with Crippen molar-refractivity contribution in [1.82, 2.24) is 14.7 Å². The zero-order valence-corrected chi connectivity index (χ0v) is 20.3. The second kappa shape index (κ2) is 9.42. The maximum Gasteiger partial charge on any atom is 0.245 e. The van der Waals surface area contributed by atoms with Crippen LogP contribution in [0.25, 0.3) is 0 Å². The van der Waals surface area contributed by atoms with Gasteiger partial charge in [-0.05, 0) is 65.0 Å². The minimum Gasteiger partial charge on any atom is -0.343 e. The van der Waals surface area contributed by atoms with Gasteiger partial charge >= 0.3 is 0 Å². The molecule has 5 atom stereocenters. The SMILES string of the molecule is CCC[C@@H]1C[C@H](N(C)C(C)C)CC[C@@H]1N1CC[C@H](N2C=CC=NC2C(C)(C)C)C1=O. The first-order valence-corrected chi connectivity index (χ1v) is 12.1. The highest BCUT2D eigenvalue weighted by Gasteiger charge is 2.46. The molecule has 0 spiro atoms. The monoisotopic (exact) mass is 416 g/mol. The number of aliphatic imine (C=N–C) groups is 1. The van der Waals surface area contributed by atoms with E-state index in [1.54, 1.807) is 0 Å². The highest BCUT2D eigenvalue weighted by Crippen LogP contribution is 2.38. The van der Waals surface area contributed by atoms with Crippen LogP contribution in [0.4, 0.5) is 0 Å². The van der Waals surface area contributed by atoms with Crippen LogP contribution in [0.1, 0.15) is 80.1 Å². The van der Waals surface area contributed by atoms with Gasteiger partial charge in [-0.1, -0.05) is 34.1 Å². The van der Waals surface area contributed by atoms with Crippen LogP contribution in [0.3, 0.4) is 0 Å². The number of hydrogen-bond acceptors (Lipinski definition) is 4. The molecule has 1 saturated carbocycles. The van der Waals surface area contributed by atoms with E-state index in [1.165, 1.54) is 25.7 Å². The summed E-state index contributed by atoms with van der Waals surface area (Å²) < 4.78 is 0. The molecule has 30 heavy (non-hydrogen) atoms. The van der Waals surface area contributed by atoms with Crippen molar-refractivity contribution in [2.24, 2.45) is 16.3 Å². The van der Waals surface area contributed by atoms with Crippen LogP contribution in [0.5, 0.6) is 0 Å². The lowest BCUT2D eigenvalue weighted by molar-refractivity contribution is -0.136. The van der Waals surface area contributed by atoms with Gasteiger partial charge in [0.15, 0.2) is 0 Å². The molecule has 3 rings (SSSR count). The molecule has 5 nitrogen and oxygen atoms in total. The van der Waals surface area contributed by atoms with Gasteiger partial charge in [0.2, 0.25) is 5.91 Å². The number of hydrogen-bond donors (Lipinski definition) is 0. The van der Waals surface area contributed by atoms with Crippen LogP contribution >= 0.6 is 0 Å². The Kier molecular flexibility index (Phi) is 7.32. The molecule has 2 aliphatic heterocycles. The largest absolute Gasteiger partial charge is 0.343 e. The maximum atomic E-state index is 13.6. The van der Waals surface area contributed by atoms with Crippen molar-refractivity contribution in [2.75, 3.05) is 13.6 Å². The highest BCUT2D eigenvalue weighted by atomic mass is 16.2. The Morgan fingerprint density at radius 1 is 1.23 bits per heavy atom. The van der Waals surface area contributed by atoms with Crippen molar-refractivity contribution < 1.29 is 4.79 Å². The zero-order valence-electron chi connectivity index (χ0n) is 20.3. The van der Waals surface area contributed by atoms with E-state index in [-0.39, 0.29) is 17.6 Å². The summed E-state index contributed by atoms with van der Waals surface area (Å²) in [6, 6.07) is 1.56. The highest BCUT2D eigenvalue weighted by molar-refractivity contribution is 5.85. The normalized spacial score (nSPS) is 32.7. The molecule has 1 unspecified atom stereocenters. The molecule has 1 saturated heterocycles. The Hall–Kier alpha value is -1.36. The van der Waals surface area contributed by atoms with Crippen molar-refractivity contribution in [2.45, 2.75) is 110 Å². The van der Waals surface area contributed by atoms with Crippen molar-refractivity contribution in [3.05, 3.63) is 12.3 Å². The van der Waals surface area contributed by atoms with Gasteiger partial charge in [0, 0.05) is 42.5 Å². The van der Waals surface area contributed by atoms with Gasteiger partial charge in [-0.15, -0.1) is 0 Å². The van der Waals surface area contributed by atoms with E-state index in [1.807, 2.05) is 12.3 Å². The Morgan fingerprint density at radius 3 is 2.60 bits per heavy atom. The second-order valence-electron chi connectivity index (χ2n) is 11.0. The maximum absolute atomic E-state index is 13.6. The number of likely N-dealkylation sites (tertiary alicyclic amines) is 1. The molecular weight excluding hydrogens is 372 g/mol. The molecule has 0 aromatic heterocycles. The average molecular weight is 417 g/mol. The van der Waals surface area contributed by atoms with E-state index >= 15 is 0 Å². The fraction of sp³-hybridized carbons (Fsp3) is 0.840. The van der Waals surface area contributed by atoms with E-state index in [2.05, 4.69) is 69.5 Å². The minimum atomic E-state index is -0.0683. The number of rotatable bonds is 6. The fourth-order valence-electron chi connectivity index (χ4n) is 5.77. The van der Waals surface area contributed by atoms with Gasteiger partial charge in [0.05, 0.1) is 0 Å². The lowest BCUT2D eigenvalue weighted by Crippen LogP contribution is -2.53. The molecule has 0 radical (unpaired) electrons. The third-order valence-corrected chi connectivity index (χ3v) is 7.56. The molecule has 0 N–H and O–H groups in total. The van der Waals surface area contributed by atoms with Crippen molar-refractivity contribution in [1.29, 1.82) is 0 Å². The summed E-state index contributed by atoms with van der Waals surface area (Å²) in [4.78, 5) is 25.4. The zero-order chi connectivity index (χ0) is 22.1. The number of nitrogens with zero attached hydrogens (tertiary/aromatic N) is 4. The molecule has 3 aliphatic rings. The predicted octanol–water partition coefficient (Wildman–Crippen LogP) is 4.54. The first kappa shape index (κ1) is 23.3. The summed E-state index contributed by atoms with van der Waals surface area (Å²) >= 11 is 0. The smallest absolute Gasteiger partial charge is 0.245 e. The summed E-state index contributed by atoms with van der Waals surface area (Å²) in [6.45, 7) is 14.4. The third-order valence-electron chi connectivity index (χ3n) is 7.56. The van der Waals surface area contributed by atoms with Gasteiger partial charge in [-0.3, -0.25) is 9.79 Å². The van der Waals surface area contributed by atoms with Gasteiger partial charge in [0.1, 0.15) is 12.2 Å². The summed E-state index contributed by atoms with van der Waals surface area (Å²) in [6.07, 6.45) is 12.9. The van der Waals surface area contributed by atoms with Crippen molar-refractivity contribution in [3.63, 3.8) is 0 Å². The molecule has 0 bridgehead atoms. The van der Waals surface area contributed by atoms with Crippen LogP contribution in [0.2, 0.25) is 0 Å². The first-order valence-electron chi connectivity index (χ1n) is 12.1. The third kappa shape index (κ3) is 4.76. The van der Waals surface area contributed by atoms with Gasteiger partial charge < -0.3 is 14.7 Å². The number of carbonyl (C=O) groups is 1. The topological polar surface area (TPSA) is 39.1 Å². The summed E-state index contributed by atoms with van der Waals surface area (Å²) in [7, 11) is 2.27. The molecule has 1 amide bonds. The van der Waals surface area contributed by atoms with E-state index in [0.717, 1.165) is 19.4 Å². The minimum absolute atomic E-state index is 0.000797. The van der Waals surface area contributed by atoms with Gasteiger partial charge in [0.25, 0.3) is 0 Å². The van der Waals surface area contributed by atoms with Crippen LogP contribution in [0.15, 0.2) is 17.3 Å². The Balaban J connectivity index is 1.73. The molecule has 1 aliphatic carbocycles. The van der Waals surface area contributed by atoms with Crippen LogP contribution < -0.4 is 0 Å². The Bertz CT molecular complexity index is 650. The predicted molar refractivity (Wildman–Crippen MR) is 126 cm³/mol. The van der Waals surface area contributed by atoms with Crippen LogP contribution in [0, 0.1) is 11.3 Å². The standard InChI is InChI=1S/C25H44N4O/c1-8-10-19-17-20(27(7)18(2)3)11-12-21(19)28-16-13-22(23(28)30)29-15-9-14-26-24(29)25(4,5)6/h9,14-15,18-22,24H,8,10-13,16-17H2,1-7H3/t19-,20-,21+,22+,24?/m1/s1. The summed E-state index contributed by atoms with van der Waals surface area (Å²) in [5.41, 5.74) is -0.000797. The first-order chi connectivity index (χ1) is 14.1. The Morgan fingerprint density at radius 2 is 1.97 bits per heavy atom. The van der Waals surface area contributed by atoms with E-state index in [0.29, 0.717) is 30.0 Å². The van der Waals surface area contributed by atoms with E-state index in [9.17, 15) is 4.79 Å². The van der Waals surface area contributed by atoms with Gasteiger partial charge in [-0.25, -0.2) is 0 Å². The molecular formula is C25H44N4O. The molecule has 170 valence electrons. The molecule has 0 aromatic carbocycles. The van der Waals surface area contributed by atoms with Crippen molar-refractivity contribution >= 4 is 12.1 Å². The number of carbonyl (C=O) groups excluding carboxylic acids is 1. The second-order valence-corrected chi connectivity index (χ2v) is 11.0. The van der Waals surface area contributed by atoms with Crippen LogP contribution in [-0.4, -0.2) is 70.7 Å². The summed E-state index contributed by atoms with van der Waals surface area (Å²) in [5, 5.41) is 0. The van der Waals surface area contributed by atoms with Gasteiger partial charge in [-0.2, -0.15) is 0 Å². The fourth-order valence-corrected chi connectivity index (χ4v) is 5.77. The van der Waals surface area contributed by atoms with Crippen LogP contribution in [-0.2, 0) is 4.79 Å². The molecule has 2 heterocycles. The lowest BCUT2D eigenvalue weighted by Gasteiger charge is -2.45. The lowest BCUT2D eigenvalue weighted by atomic mass is 9.77. The van der Waals surface area contributed by atoms with Crippen molar-refractivity contribution in [3.8, 4) is 0 Å². The number of allylic oxidation sites excluding steroid dienone is 1. The van der Waals surface area contributed by atoms with E-state index in [4.69, 9.17) is 4.99 Å². The molecule has 0 aromatic rings. The average Bonchev–Trinajstić information content (AvgIpc) is 3.08. The Labute approximate surface area is 184 Å².